The van der Waals surface area contributed by atoms with Crippen LogP contribution >= 0.6 is 12.1 Å². The van der Waals surface area contributed by atoms with Gasteiger partial charge in [0.15, 0.2) is 6.73 Å². The number of ether oxygens (including phenoxy) is 1. The molecule has 0 aromatic rings. The van der Waals surface area contributed by atoms with Crippen molar-refractivity contribution in [2.24, 2.45) is 10.1 Å². The Labute approximate surface area is 45.4 Å². The van der Waals surface area contributed by atoms with E-state index in [2.05, 4.69) is 13.9 Å². The first-order chi connectivity index (χ1) is 3.39. The summed E-state index contributed by atoms with van der Waals surface area (Å²) in [6, 6.07) is 0.240. The quantitative estimate of drug-likeness (QED) is 0.420. The van der Waals surface area contributed by atoms with Gasteiger partial charge in [0.1, 0.15) is 0 Å². The van der Waals surface area contributed by atoms with Crippen LogP contribution in [0.1, 0.15) is 0 Å². The Morgan fingerprint density at radius 3 is 3.14 bits per heavy atom. The Bertz CT molecular complexity index is 92.9. The highest BCUT2D eigenvalue weighted by Crippen LogP contribution is 1.98. The number of amidine groups is 1. The van der Waals surface area contributed by atoms with Crippen molar-refractivity contribution in [2.45, 2.75) is 0 Å². The second kappa shape index (κ2) is 2.04. The summed E-state index contributed by atoms with van der Waals surface area (Å²) in [5.41, 5.74) is 5.10. The molecule has 0 radical (unpaired) electrons. The van der Waals surface area contributed by atoms with Crippen LogP contribution < -0.4 is 10.5 Å². The lowest BCUT2D eigenvalue weighted by molar-refractivity contribution is 0.294. The normalized spacial score (nSPS) is 20.3. The van der Waals surface area contributed by atoms with Crippen LogP contribution in [0.2, 0.25) is 0 Å². The highest BCUT2D eigenvalue weighted by atomic mass is 32.2. The summed E-state index contributed by atoms with van der Waals surface area (Å²) in [5.74, 6) is 0. The maximum Gasteiger partial charge on any atom is 0.296 e. The van der Waals surface area contributed by atoms with Crippen LogP contribution in [-0.4, -0.2) is 12.8 Å². The van der Waals surface area contributed by atoms with Crippen molar-refractivity contribution in [3.8, 4) is 0 Å². The van der Waals surface area contributed by atoms with Crippen molar-refractivity contribution < 1.29 is 4.74 Å². The topological polar surface area (TPSA) is 59.6 Å². The van der Waals surface area contributed by atoms with Crippen LogP contribution in [0, 0.1) is 0 Å². The Hall–Kier alpha value is -0.420. The second-order valence-corrected chi connectivity index (χ2v) is 1.61. The Morgan fingerprint density at radius 2 is 2.86 bits per heavy atom. The van der Waals surface area contributed by atoms with E-state index in [9.17, 15) is 0 Å². The molecule has 0 bridgehead atoms. The Kier molecular flexibility index (Phi) is 1.38. The largest absolute Gasteiger partial charge is 0.448 e. The molecule has 0 aromatic carbocycles. The molecular weight excluding hydrogens is 114 g/mol. The lowest BCUT2D eigenvalue weighted by Gasteiger charge is -2.07. The SMILES string of the molecule is NC1=NSNCO1. The average molecular weight is 119 g/mol. The van der Waals surface area contributed by atoms with Gasteiger partial charge in [-0.3, -0.25) is 0 Å². The molecule has 0 fully saturated rings. The van der Waals surface area contributed by atoms with Gasteiger partial charge in [-0.25, -0.2) is 4.72 Å². The molecule has 0 unspecified atom stereocenters. The molecule has 3 N–H and O–H groups in total. The fraction of sp³-hybridized carbons (Fsp3) is 0.500. The molecule has 0 spiro atoms. The number of nitrogens with one attached hydrogen (secondary N) is 1. The lowest BCUT2D eigenvalue weighted by Crippen LogP contribution is -2.25. The summed E-state index contributed by atoms with van der Waals surface area (Å²) in [6.45, 7) is 0.444. The van der Waals surface area contributed by atoms with Crippen molar-refractivity contribution in [3.63, 3.8) is 0 Å². The second-order valence-electron chi connectivity index (χ2n) is 0.954. The molecule has 7 heavy (non-hydrogen) atoms. The molecule has 0 aromatic heterocycles. The van der Waals surface area contributed by atoms with Gasteiger partial charge in [-0.2, -0.15) is 0 Å². The van der Waals surface area contributed by atoms with E-state index >= 15 is 0 Å². The van der Waals surface area contributed by atoms with Crippen molar-refractivity contribution in [3.05, 3.63) is 0 Å². The molecule has 0 saturated carbocycles. The van der Waals surface area contributed by atoms with Gasteiger partial charge in [-0.1, -0.05) is 0 Å². The molecule has 5 heteroatoms. The third-order valence-corrected chi connectivity index (χ3v) is 0.997. The minimum atomic E-state index is 0.240. The molecule has 1 rings (SSSR count). The van der Waals surface area contributed by atoms with Crippen LogP contribution in [0.15, 0.2) is 4.40 Å². The smallest absolute Gasteiger partial charge is 0.296 e. The zero-order valence-corrected chi connectivity index (χ0v) is 4.36. The van der Waals surface area contributed by atoms with Crippen LogP contribution in [0.5, 0.6) is 0 Å². The molecular formula is C2H5N3OS. The summed E-state index contributed by atoms with van der Waals surface area (Å²) in [4.78, 5) is 0. The summed E-state index contributed by atoms with van der Waals surface area (Å²) in [7, 11) is 0. The van der Waals surface area contributed by atoms with E-state index in [0.717, 1.165) is 0 Å². The molecule has 1 aliphatic heterocycles. The van der Waals surface area contributed by atoms with Gasteiger partial charge in [0.25, 0.3) is 6.02 Å². The maximum atomic E-state index is 5.10. The van der Waals surface area contributed by atoms with Crippen LogP contribution in [0.25, 0.3) is 0 Å². The maximum absolute atomic E-state index is 5.10. The molecule has 0 aliphatic carbocycles. The van der Waals surface area contributed by atoms with Crippen molar-refractivity contribution in [2.75, 3.05) is 6.73 Å². The van der Waals surface area contributed by atoms with Crippen molar-refractivity contribution in [1.82, 2.24) is 4.72 Å². The first-order valence-electron chi connectivity index (χ1n) is 1.75. The van der Waals surface area contributed by atoms with Gasteiger partial charge in [0.05, 0.1) is 12.1 Å². The van der Waals surface area contributed by atoms with Gasteiger partial charge in [0.2, 0.25) is 0 Å². The average Bonchev–Trinajstić information content (AvgIpc) is 1.69. The number of hydrogen-bond donors (Lipinski definition) is 2. The minimum absolute atomic E-state index is 0.240. The van der Waals surface area contributed by atoms with Gasteiger partial charge in [-0.15, -0.1) is 4.40 Å². The molecule has 0 atom stereocenters. The van der Waals surface area contributed by atoms with Gasteiger partial charge in [-0.05, 0) is 0 Å². The van der Waals surface area contributed by atoms with Crippen LogP contribution in [-0.2, 0) is 4.74 Å². The third-order valence-electron chi connectivity index (χ3n) is 0.479. The molecule has 1 heterocycles. The fourth-order valence-electron chi connectivity index (χ4n) is 0.233. The van der Waals surface area contributed by atoms with E-state index in [1.807, 2.05) is 0 Å². The van der Waals surface area contributed by atoms with Crippen LogP contribution in [0.3, 0.4) is 0 Å². The first-order valence-corrected chi connectivity index (χ1v) is 2.52. The first kappa shape index (κ1) is 4.73. The van der Waals surface area contributed by atoms with E-state index in [4.69, 9.17) is 5.73 Å². The van der Waals surface area contributed by atoms with Crippen LogP contribution in [0.4, 0.5) is 0 Å². The number of rotatable bonds is 0. The number of nitrogens with zero attached hydrogens (tertiary/aromatic N) is 1. The molecule has 1 aliphatic rings. The zero-order valence-electron chi connectivity index (χ0n) is 3.55. The highest BCUT2D eigenvalue weighted by Gasteiger charge is 1.97. The van der Waals surface area contributed by atoms with E-state index in [1.165, 1.54) is 12.1 Å². The van der Waals surface area contributed by atoms with Gasteiger partial charge < -0.3 is 10.5 Å². The molecule has 0 saturated heterocycles. The number of hydrogen-bond acceptors (Lipinski definition) is 5. The summed E-state index contributed by atoms with van der Waals surface area (Å²) in [5, 5.41) is 0. The summed E-state index contributed by atoms with van der Waals surface area (Å²) >= 11 is 1.19. The Balaban J connectivity index is 2.40. The fourth-order valence-corrected chi connectivity index (χ4v) is 0.552. The zero-order chi connectivity index (χ0) is 5.11. The Morgan fingerprint density at radius 1 is 2.00 bits per heavy atom. The highest BCUT2D eigenvalue weighted by molar-refractivity contribution is 7.96. The monoisotopic (exact) mass is 119 g/mol. The predicted octanol–water partition coefficient (Wildman–Crippen LogP) is -0.558. The van der Waals surface area contributed by atoms with E-state index in [0.29, 0.717) is 6.73 Å². The summed E-state index contributed by atoms with van der Waals surface area (Å²) in [6.07, 6.45) is 0. The van der Waals surface area contributed by atoms with Gasteiger partial charge in [0, 0.05) is 0 Å². The molecule has 4 nitrogen and oxygen atoms in total. The third kappa shape index (κ3) is 1.24. The molecule has 0 amide bonds. The van der Waals surface area contributed by atoms with Crippen molar-refractivity contribution >= 4 is 18.2 Å². The van der Waals surface area contributed by atoms with E-state index < -0.39 is 0 Å². The predicted molar refractivity (Wildman–Crippen MR) is 28.3 cm³/mol. The van der Waals surface area contributed by atoms with E-state index in [1.54, 1.807) is 0 Å². The van der Waals surface area contributed by atoms with E-state index in [-0.39, 0.29) is 6.02 Å². The van der Waals surface area contributed by atoms with Gasteiger partial charge >= 0.3 is 0 Å². The molecule has 40 valence electrons. The standard InChI is InChI=1S/C2H5N3OS/c3-2-5-7-4-1-6-2/h4H,1H2,(H2,3,5). The number of nitrogens with two attached hydrogens (primary N) is 1. The van der Waals surface area contributed by atoms with Crippen molar-refractivity contribution in [1.29, 1.82) is 0 Å². The lowest BCUT2D eigenvalue weighted by atomic mass is 11.1. The minimum Gasteiger partial charge on any atom is -0.448 e. The summed E-state index contributed by atoms with van der Waals surface area (Å²) < 4.78 is 11.0.